The van der Waals surface area contributed by atoms with Crippen LogP contribution in [-0.2, 0) is 9.31 Å². The zero-order valence-electron chi connectivity index (χ0n) is 12.4. The Morgan fingerprint density at radius 1 is 1.20 bits per heavy atom. The highest BCUT2D eigenvalue weighted by Crippen LogP contribution is 2.37. The first kappa shape index (κ1) is 14.2. The lowest BCUT2D eigenvalue weighted by Gasteiger charge is -2.32. The third-order valence-electron chi connectivity index (χ3n) is 4.32. The van der Waals surface area contributed by atoms with E-state index in [4.69, 9.17) is 20.9 Å². The molecule has 108 valence electrons. The molecular weight excluding hydrogens is 274 g/mol. The maximum atomic E-state index is 6.09. The van der Waals surface area contributed by atoms with Crippen molar-refractivity contribution < 1.29 is 9.31 Å². The summed E-state index contributed by atoms with van der Waals surface area (Å²) in [7, 11) is -0.411. The van der Waals surface area contributed by atoms with Crippen molar-refractivity contribution in [2.24, 2.45) is 0 Å². The number of pyridine rings is 1. The molecule has 1 N–H and O–H groups in total. The van der Waals surface area contributed by atoms with E-state index in [1.807, 2.05) is 33.8 Å². The predicted molar refractivity (Wildman–Crippen MR) is 81.6 cm³/mol. The van der Waals surface area contributed by atoms with E-state index in [0.29, 0.717) is 11.2 Å². The lowest BCUT2D eigenvalue weighted by atomic mass is 9.79. The van der Waals surface area contributed by atoms with Crippen molar-refractivity contribution in [1.29, 1.82) is 0 Å². The Morgan fingerprint density at radius 2 is 1.80 bits per heavy atom. The zero-order chi connectivity index (χ0) is 14.5. The Morgan fingerprint density at radius 3 is 2.35 bits per heavy atom. The van der Waals surface area contributed by atoms with E-state index < -0.39 is 7.12 Å². The molecule has 0 atom stereocenters. The van der Waals surface area contributed by atoms with Crippen LogP contribution in [-0.4, -0.2) is 29.3 Å². The van der Waals surface area contributed by atoms with E-state index in [1.165, 1.54) is 12.8 Å². The van der Waals surface area contributed by atoms with Crippen LogP contribution in [0.1, 0.15) is 40.5 Å². The largest absolute Gasteiger partial charge is 0.498 e. The van der Waals surface area contributed by atoms with Crippen LogP contribution in [0.4, 0.5) is 5.82 Å². The molecule has 2 aliphatic rings. The molecule has 1 aliphatic heterocycles. The Balaban J connectivity index is 1.90. The summed E-state index contributed by atoms with van der Waals surface area (Å²) in [6, 6.07) is 4.21. The van der Waals surface area contributed by atoms with Gasteiger partial charge in [-0.15, -0.1) is 0 Å². The van der Waals surface area contributed by atoms with Gasteiger partial charge in [-0.2, -0.15) is 0 Å². The lowest BCUT2D eigenvalue weighted by Crippen LogP contribution is -2.41. The molecule has 2 fully saturated rings. The summed E-state index contributed by atoms with van der Waals surface area (Å²) in [5.74, 6) is 0.776. The number of nitrogens with zero attached hydrogens (tertiary/aromatic N) is 1. The molecule has 3 rings (SSSR count). The summed E-state index contributed by atoms with van der Waals surface area (Å²) < 4.78 is 12.2. The van der Waals surface area contributed by atoms with Crippen molar-refractivity contribution in [3.8, 4) is 0 Å². The van der Waals surface area contributed by atoms with Crippen molar-refractivity contribution in [3.63, 3.8) is 0 Å². The van der Waals surface area contributed by atoms with Gasteiger partial charge in [0.1, 0.15) is 11.0 Å². The molecule has 6 heteroatoms. The maximum absolute atomic E-state index is 6.09. The number of aromatic nitrogens is 1. The summed E-state index contributed by atoms with van der Waals surface area (Å²) in [5, 5.41) is 3.88. The monoisotopic (exact) mass is 294 g/mol. The van der Waals surface area contributed by atoms with Gasteiger partial charge < -0.3 is 14.6 Å². The van der Waals surface area contributed by atoms with Crippen LogP contribution in [0, 0.1) is 0 Å². The summed E-state index contributed by atoms with van der Waals surface area (Å²) in [4.78, 5) is 4.39. The van der Waals surface area contributed by atoms with Gasteiger partial charge in [-0.25, -0.2) is 4.98 Å². The summed E-state index contributed by atoms with van der Waals surface area (Å²) >= 11 is 6.01. The minimum absolute atomic E-state index is 0.353. The molecule has 0 aromatic carbocycles. The molecule has 1 aromatic rings. The maximum Gasteiger partial charge on any atom is 0.498 e. The van der Waals surface area contributed by atoms with Gasteiger partial charge in [0.25, 0.3) is 0 Å². The van der Waals surface area contributed by atoms with Crippen LogP contribution in [0.25, 0.3) is 0 Å². The van der Waals surface area contributed by atoms with Gasteiger partial charge in [-0.05, 0) is 46.6 Å². The van der Waals surface area contributed by atoms with Crippen LogP contribution in [0.2, 0.25) is 5.15 Å². The van der Waals surface area contributed by atoms with Gasteiger partial charge in [-0.1, -0.05) is 17.7 Å². The molecule has 1 aliphatic carbocycles. The van der Waals surface area contributed by atoms with E-state index >= 15 is 0 Å². The molecule has 1 saturated carbocycles. The molecule has 0 radical (unpaired) electrons. The fourth-order valence-electron chi connectivity index (χ4n) is 2.14. The SMILES string of the molecule is CC1(C)OB(c2ccc(Cl)nc2NC2CC2)OC1(C)C. The molecule has 2 heterocycles. The minimum Gasteiger partial charge on any atom is -0.399 e. The van der Waals surface area contributed by atoms with Gasteiger partial charge in [-0.3, -0.25) is 0 Å². The van der Waals surface area contributed by atoms with Gasteiger partial charge in [0.05, 0.1) is 11.2 Å². The van der Waals surface area contributed by atoms with Gasteiger partial charge >= 0.3 is 7.12 Å². The average molecular weight is 295 g/mol. The van der Waals surface area contributed by atoms with Crippen molar-refractivity contribution in [2.45, 2.75) is 57.8 Å². The van der Waals surface area contributed by atoms with Crippen LogP contribution < -0.4 is 10.8 Å². The zero-order valence-corrected chi connectivity index (χ0v) is 13.1. The van der Waals surface area contributed by atoms with Crippen LogP contribution >= 0.6 is 11.6 Å². The van der Waals surface area contributed by atoms with E-state index in [9.17, 15) is 0 Å². The highest BCUT2D eigenvalue weighted by Gasteiger charge is 2.52. The number of hydrogen-bond donors (Lipinski definition) is 1. The fourth-order valence-corrected chi connectivity index (χ4v) is 2.29. The quantitative estimate of drug-likeness (QED) is 0.687. The van der Waals surface area contributed by atoms with Crippen molar-refractivity contribution >= 4 is 30.0 Å². The third kappa shape index (κ3) is 2.54. The molecule has 20 heavy (non-hydrogen) atoms. The Hall–Kier alpha value is -0.775. The number of anilines is 1. The van der Waals surface area contributed by atoms with Crippen molar-refractivity contribution in [1.82, 2.24) is 4.98 Å². The van der Waals surface area contributed by atoms with Crippen LogP contribution in [0.5, 0.6) is 0 Å². The average Bonchev–Trinajstić information content (AvgIpc) is 3.07. The van der Waals surface area contributed by atoms with Gasteiger partial charge in [0.15, 0.2) is 0 Å². The van der Waals surface area contributed by atoms with Crippen LogP contribution in [0.15, 0.2) is 12.1 Å². The lowest BCUT2D eigenvalue weighted by molar-refractivity contribution is 0.00578. The second kappa shape index (κ2) is 4.62. The first-order valence-electron chi connectivity index (χ1n) is 7.07. The molecule has 0 bridgehead atoms. The van der Waals surface area contributed by atoms with E-state index in [-0.39, 0.29) is 11.2 Å². The standard InChI is InChI=1S/C14H20BClN2O2/c1-13(2)14(3,4)20-15(19-13)10-7-8-11(16)18-12(10)17-9-5-6-9/h7-9H,5-6H2,1-4H3,(H,17,18). The second-order valence-corrected chi connectivity index (χ2v) is 6.97. The van der Waals surface area contributed by atoms with Crippen molar-refractivity contribution in [2.75, 3.05) is 5.32 Å². The Kier molecular flexibility index (Phi) is 3.27. The number of rotatable bonds is 3. The summed E-state index contributed by atoms with van der Waals surface area (Å²) in [5.41, 5.74) is 0.211. The van der Waals surface area contributed by atoms with E-state index in [2.05, 4.69) is 10.3 Å². The highest BCUT2D eigenvalue weighted by atomic mass is 35.5. The Bertz CT molecular complexity index is 516. The fraction of sp³-hybridized carbons (Fsp3) is 0.643. The van der Waals surface area contributed by atoms with E-state index in [1.54, 1.807) is 6.07 Å². The summed E-state index contributed by atoms with van der Waals surface area (Å²) in [6.45, 7) is 8.18. The number of halogens is 1. The topological polar surface area (TPSA) is 43.4 Å². The van der Waals surface area contributed by atoms with Crippen LogP contribution in [0.3, 0.4) is 0 Å². The highest BCUT2D eigenvalue weighted by molar-refractivity contribution is 6.63. The minimum atomic E-state index is -0.411. The number of nitrogens with one attached hydrogen (secondary N) is 1. The molecule has 1 saturated heterocycles. The molecule has 0 amide bonds. The molecular formula is C14H20BClN2O2. The van der Waals surface area contributed by atoms with Gasteiger partial charge in [0, 0.05) is 11.5 Å². The Labute approximate surface area is 125 Å². The number of hydrogen-bond acceptors (Lipinski definition) is 4. The molecule has 1 aromatic heterocycles. The molecule has 0 unspecified atom stereocenters. The first-order chi connectivity index (χ1) is 9.28. The van der Waals surface area contributed by atoms with E-state index in [0.717, 1.165) is 11.3 Å². The molecule has 4 nitrogen and oxygen atoms in total. The second-order valence-electron chi connectivity index (χ2n) is 6.58. The summed E-state index contributed by atoms with van der Waals surface area (Å²) in [6.07, 6.45) is 2.36. The first-order valence-corrected chi connectivity index (χ1v) is 7.45. The predicted octanol–water partition coefficient (Wildman–Crippen LogP) is 2.61. The molecule has 0 spiro atoms. The van der Waals surface area contributed by atoms with Crippen molar-refractivity contribution in [3.05, 3.63) is 17.3 Å². The third-order valence-corrected chi connectivity index (χ3v) is 4.53. The van der Waals surface area contributed by atoms with Gasteiger partial charge in [0.2, 0.25) is 0 Å². The smallest absolute Gasteiger partial charge is 0.399 e. The normalized spacial score (nSPS) is 23.9.